The van der Waals surface area contributed by atoms with Crippen LogP contribution in [0.1, 0.15) is 15.9 Å². The minimum atomic E-state index is -3.23. The Hall–Kier alpha value is -3.13. The quantitative estimate of drug-likeness (QED) is 0.687. The molecule has 28 heavy (non-hydrogen) atoms. The number of ether oxygens (including phenoxy) is 1. The Kier molecular flexibility index (Phi) is 4.64. The minimum Gasteiger partial charge on any atom is -0.487 e. The van der Waals surface area contributed by atoms with E-state index in [2.05, 4.69) is 15.5 Å². The van der Waals surface area contributed by atoms with Crippen LogP contribution < -0.4 is 10.1 Å². The summed E-state index contributed by atoms with van der Waals surface area (Å²) in [5.74, 6) is 0.571. The molecule has 1 unspecified atom stereocenters. The lowest BCUT2D eigenvalue weighted by atomic mass is 10.0. The number of carbonyl (C=O) groups is 1. The van der Waals surface area contributed by atoms with E-state index in [4.69, 9.17) is 4.74 Å². The first-order valence-electron chi connectivity index (χ1n) is 8.78. The maximum absolute atomic E-state index is 12.1. The van der Waals surface area contributed by atoms with Crippen LogP contribution in [-0.4, -0.2) is 43.4 Å². The first-order chi connectivity index (χ1) is 13.4. The van der Waals surface area contributed by atoms with Crippen LogP contribution in [0.5, 0.6) is 5.75 Å². The van der Waals surface area contributed by atoms with Gasteiger partial charge in [-0.3, -0.25) is 9.89 Å². The van der Waals surface area contributed by atoms with Gasteiger partial charge in [0, 0.05) is 24.4 Å². The Balaban J connectivity index is 1.50. The zero-order valence-corrected chi connectivity index (χ0v) is 16.0. The number of para-hydroxylation sites is 1. The maximum atomic E-state index is 12.1. The number of benzene rings is 2. The largest absolute Gasteiger partial charge is 0.487 e. The molecule has 1 aliphatic heterocycles. The summed E-state index contributed by atoms with van der Waals surface area (Å²) in [6.45, 7) is 0.380. The zero-order valence-electron chi connectivity index (χ0n) is 15.2. The van der Waals surface area contributed by atoms with Gasteiger partial charge in [0.1, 0.15) is 11.9 Å². The lowest BCUT2D eigenvalue weighted by Gasteiger charge is -2.13. The fourth-order valence-electron chi connectivity index (χ4n) is 3.24. The van der Waals surface area contributed by atoms with E-state index < -0.39 is 9.84 Å². The van der Waals surface area contributed by atoms with Crippen molar-refractivity contribution in [3.63, 3.8) is 0 Å². The summed E-state index contributed by atoms with van der Waals surface area (Å²) >= 11 is 0. The fourth-order valence-corrected chi connectivity index (χ4v) is 3.88. The Morgan fingerprint density at radius 3 is 2.71 bits per heavy atom. The molecular formula is C20H19N3O4S. The fraction of sp³-hybridized carbons (Fsp3) is 0.200. The number of nitrogens with zero attached hydrogens (tertiary/aromatic N) is 1. The van der Waals surface area contributed by atoms with E-state index in [1.807, 2.05) is 18.2 Å². The topological polar surface area (TPSA) is 101 Å². The number of fused-ring (bicyclic) bond motifs is 1. The molecule has 0 saturated heterocycles. The lowest BCUT2D eigenvalue weighted by Crippen LogP contribution is -2.34. The number of amides is 1. The Morgan fingerprint density at radius 1 is 1.25 bits per heavy atom. The van der Waals surface area contributed by atoms with E-state index in [0.29, 0.717) is 18.5 Å². The van der Waals surface area contributed by atoms with Crippen molar-refractivity contribution in [1.82, 2.24) is 15.5 Å². The summed E-state index contributed by atoms with van der Waals surface area (Å²) in [7, 11) is -3.23. The highest BCUT2D eigenvalue weighted by Gasteiger charge is 2.26. The molecule has 3 aromatic rings. The van der Waals surface area contributed by atoms with Gasteiger partial charge in [-0.15, -0.1) is 0 Å². The third-order valence-corrected chi connectivity index (χ3v) is 5.80. The van der Waals surface area contributed by atoms with E-state index >= 15 is 0 Å². The highest BCUT2D eigenvalue weighted by atomic mass is 32.2. The molecule has 1 aromatic heterocycles. The molecule has 0 spiro atoms. The molecule has 0 fully saturated rings. The monoisotopic (exact) mass is 397 g/mol. The molecule has 144 valence electrons. The molecule has 1 amide bonds. The standard InChI is InChI=1S/C20H19N3O4S/c1-28(25,26)17-7-5-13(6-8-17)18-4-2-3-14-9-16(27-19(14)18)12-21-20(24)15-10-22-23-11-15/h2-8,10-11,16H,9,12H2,1H3,(H,21,24)(H,22,23). The molecule has 1 aliphatic rings. The van der Waals surface area contributed by atoms with Gasteiger partial charge in [-0.2, -0.15) is 5.10 Å². The molecule has 4 rings (SSSR count). The van der Waals surface area contributed by atoms with Gasteiger partial charge in [-0.25, -0.2) is 8.42 Å². The number of carbonyl (C=O) groups excluding carboxylic acids is 1. The second-order valence-corrected chi connectivity index (χ2v) is 8.75. The lowest BCUT2D eigenvalue weighted by molar-refractivity contribution is 0.0933. The van der Waals surface area contributed by atoms with Crippen LogP contribution in [0.4, 0.5) is 0 Å². The average molecular weight is 397 g/mol. The number of nitrogens with one attached hydrogen (secondary N) is 2. The molecule has 1 atom stereocenters. The predicted octanol–water partition coefficient (Wildman–Crippen LogP) is 2.21. The van der Waals surface area contributed by atoms with Crippen LogP contribution in [0, 0.1) is 0 Å². The number of aromatic nitrogens is 2. The third-order valence-electron chi connectivity index (χ3n) is 4.67. The van der Waals surface area contributed by atoms with E-state index in [-0.39, 0.29) is 16.9 Å². The normalized spacial score (nSPS) is 15.7. The first kappa shape index (κ1) is 18.2. The van der Waals surface area contributed by atoms with Crippen LogP contribution in [0.2, 0.25) is 0 Å². The maximum Gasteiger partial charge on any atom is 0.254 e. The molecule has 0 aliphatic carbocycles. The van der Waals surface area contributed by atoms with Crippen LogP contribution >= 0.6 is 0 Å². The van der Waals surface area contributed by atoms with Gasteiger partial charge in [0.05, 0.1) is 23.2 Å². The highest BCUT2D eigenvalue weighted by molar-refractivity contribution is 7.90. The molecule has 8 heteroatoms. The van der Waals surface area contributed by atoms with Crippen LogP contribution in [-0.2, 0) is 16.3 Å². The van der Waals surface area contributed by atoms with E-state index in [1.54, 1.807) is 24.3 Å². The molecule has 0 saturated carbocycles. The average Bonchev–Trinajstić information content (AvgIpc) is 3.34. The van der Waals surface area contributed by atoms with Gasteiger partial charge in [0.15, 0.2) is 9.84 Å². The first-order valence-corrected chi connectivity index (χ1v) is 10.7. The van der Waals surface area contributed by atoms with Crippen molar-refractivity contribution in [2.75, 3.05) is 12.8 Å². The Bertz CT molecular complexity index is 1110. The van der Waals surface area contributed by atoms with E-state index in [0.717, 1.165) is 22.4 Å². The number of hydrogen-bond donors (Lipinski definition) is 2. The summed E-state index contributed by atoms with van der Waals surface area (Å²) in [5, 5.41) is 9.23. The smallest absolute Gasteiger partial charge is 0.254 e. The summed E-state index contributed by atoms with van der Waals surface area (Å²) < 4.78 is 29.4. The summed E-state index contributed by atoms with van der Waals surface area (Å²) in [5.41, 5.74) is 3.32. The molecule has 2 aromatic carbocycles. The summed E-state index contributed by atoms with van der Waals surface area (Å²) in [6, 6.07) is 12.7. The van der Waals surface area contributed by atoms with Crippen molar-refractivity contribution >= 4 is 15.7 Å². The van der Waals surface area contributed by atoms with Crippen molar-refractivity contribution in [3.8, 4) is 16.9 Å². The van der Waals surface area contributed by atoms with Crippen LogP contribution in [0.15, 0.2) is 59.8 Å². The Morgan fingerprint density at radius 2 is 2.04 bits per heavy atom. The van der Waals surface area contributed by atoms with Crippen molar-refractivity contribution in [1.29, 1.82) is 0 Å². The second-order valence-electron chi connectivity index (χ2n) is 6.73. The number of hydrogen-bond acceptors (Lipinski definition) is 5. The number of rotatable bonds is 5. The highest BCUT2D eigenvalue weighted by Crippen LogP contribution is 2.38. The summed E-state index contributed by atoms with van der Waals surface area (Å²) in [4.78, 5) is 12.3. The van der Waals surface area contributed by atoms with E-state index in [9.17, 15) is 13.2 Å². The minimum absolute atomic E-state index is 0.165. The van der Waals surface area contributed by atoms with Gasteiger partial charge in [-0.05, 0) is 23.3 Å². The molecule has 0 bridgehead atoms. The number of sulfone groups is 1. The predicted molar refractivity (Wildman–Crippen MR) is 104 cm³/mol. The second kappa shape index (κ2) is 7.12. The molecule has 2 heterocycles. The van der Waals surface area contributed by atoms with Gasteiger partial charge in [0.25, 0.3) is 5.91 Å². The molecule has 7 nitrogen and oxygen atoms in total. The number of H-pyrrole nitrogens is 1. The molecule has 2 N–H and O–H groups in total. The van der Waals surface area contributed by atoms with Crippen molar-refractivity contribution < 1.29 is 17.9 Å². The van der Waals surface area contributed by atoms with E-state index in [1.165, 1.54) is 18.6 Å². The third kappa shape index (κ3) is 3.63. The SMILES string of the molecule is CS(=O)(=O)c1ccc(-c2cccc3c2OC(CNC(=O)c2cn[nH]c2)C3)cc1. The van der Waals surface area contributed by atoms with Crippen molar-refractivity contribution in [2.45, 2.75) is 17.4 Å². The van der Waals surface area contributed by atoms with Gasteiger partial charge in [-0.1, -0.05) is 30.3 Å². The van der Waals surface area contributed by atoms with Gasteiger partial charge in [0.2, 0.25) is 0 Å². The van der Waals surface area contributed by atoms with Crippen molar-refractivity contribution in [3.05, 3.63) is 66.0 Å². The zero-order chi connectivity index (χ0) is 19.7. The summed E-state index contributed by atoms with van der Waals surface area (Å²) in [6.07, 6.45) is 4.72. The molecule has 0 radical (unpaired) electrons. The Labute approximate surface area is 162 Å². The van der Waals surface area contributed by atoms with Gasteiger partial charge >= 0.3 is 0 Å². The van der Waals surface area contributed by atoms with Crippen LogP contribution in [0.3, 0.4) is 0 Å². The molecular weight excluding hydrogens is 378 g/mol. The number of aromatic amines is 1. The van der Waals surface area contributed by atoms with Gasteiger partial charge < -0.3 is 10.1 Å². The van der Waals surface area contributed by atoms with Crippen molar-refractivity contribution in [2.24, 2.45) is 0 Å². The van der Waals surface area contributed by atoms with Crippen LogP contribution in [0.25, 0.3) is 11.1 Å².